The van der Waals surface area contributed by atoms with Crippen molar-refractivity contribution in [3.63, 3.8) is 0 Å². The number of nitrogens with one attached hydrogen (secondary N) is 1. The van der Waals surface area contributed by atoms with Gasteiger partial charge in [-0.1, -0.05) is 30.7 Å². The Kier molecular flexibility index (Phi) is 5.82. The average Bonchev–Trinajstić information content (AvgIpc) is 2.63. The summed E-state index contributed by atoms with van der Waals surface area (Å²) in [5.41, 5.74) is 2.78. The molecule has 1 fully saturated rings. The first kappa shape index (κ1) is 17.6. The van der Waals surface area contributed by atoms with Crippen LogP contribution in [0.3, 0.4) is 0 Å². The highest BCUT2D eigenvalue weighted by Gasteiger charge is 2.13. The lowest BCUT2D eigenvalue weighted by Crippen LogP contribution is -2.29. The van der Waals surface area contributed by atoms with Crippen LogP contribution in [0, 0.1) is 5.82 Å². The number of hydrogen-bond acceptors (Lipinski definition) is 2. The van der Waals surface area contributed by atoms with E-state index < -0.39 is 0 Å². The van der Waals surface area contributed by atoms with E-state index in [0.29, 0.717) is 5.56 Å². The second kappa shape index (κ2) is 8.26. The third-order valence-corrected chi connectivity index (χ3v) is 4.79. The van der Waals surface area contributed by atoms with Crippen LogP contribution in [0.5, 0.6) is 0 Å². The quantitative estimate of drug-likeness (QED) is 0.880. The van der Waals surface area contributed by atoms with Crippen molar-refractivity contribution in [2.45, 2.75) is 38.8 Å². The molecule has 1 saturated heterocycles. The maximum Gasteiger partial charge on any atom is 0.251 e. The van der Waals surface area contributed by atoms with Crippen molar-refractivity contribution in [3.05, 3.63) is 71.0 Å². The molecule has 3 rings (SSSR count). The molecule has 0 bridgehead atoms. The smallest absolute Gasteiger partial charge is 0.251 e. The second-order valence-corrected chi connectivity index (χ2v) is 6.78. The van der Waals surface area contributed by atoms with Gasteiger partial charge in [-0.05, 0) is 68.2 Å². The molecule has 1 N–H and O–H groups in total. The predicted molar refractivity (Wildman–Crippen MR) is 97.9 cm³/mol. The van der Waals surface area contributed by atoms with E-state index in [2.05, 4.69) is 10.2 Å². The molecule has 3 nitrogen and oxygen atoms in total. The third kappa shape index (κ3) is 4.89. The van der Waals surface area contributed by atoms with Crippen LogP contribution < -0.4 is 5.32 Å². The molecule has 4 heteroatoms. The third-order valence-electron chi connectivity index (χ3n) is 4.79. The van der Waals surface area contributed by atoms with Gasteiger partial charge >= 0.3 is 0 Å². The second-order valence-electron chi connectivity index (χ2n) is 6.78. The fourth-order valence-corrected chi connectivity index (χ4v) is 3.25. The van der Waals surface area contributed by atoms with Gasteiger partial charge < -0.3 is 5.32 Å². The lowest BCUT2D eigenvalue weighted by Gasteiger charge is -2.26. The van der Waals surface area contributed by atoms with Crippen molar-refractivity contribution in [2.24, 2.45) is 0 Å². The first-order valence-electron chi connectivity index (χ1n) is 8.99. The van der Waals surface area contributed by atoms with Crippen molar-refractivity contribution in [3.8, 4) is 0 Å². The molecule has 0 spiro atoms. The highest BCUT2D eigenvalue weighted by Crippen LogP contribution is 2.16. The number of piperidine rings is 1. The lowest BCUT2D eigenvalue weighted by molar-refractivity contribution is 0.0940. The Morgan fingerprint density at radius 1 is 1.04 bits per heavy atom. The zero-order valence-electron chi connectivity index (χ0n) is 14.7. The summed E-state index contributed by atoms with van der Waals surface area (Å²) in [4.78, 5) is 14.9. The van der Waals surface area contributed by atoms with Gasteiger partial charge in [-0.3, -0.25) is 9.69 Å². The number of benzene rings is 2. The first-order chi connectivity index (χ1) is 12.1. The van der Waals surface area contributed by atoms with Crippen LogP contribution in [0.1, 0.15) is 53.7 Å². The zero-order chi connectivity index (χ0) is 17.6. The zero-order valence-corrected chi connectivity index (χ0v) is 14.7. The molecule has 1 aliphatic heterocycles. The molecule has 2 aromatic rings. The highest BCUT2D eigenvalue weighted by molar-refractivity contribution is 5.94. The van der Waals surface area contributed by atoms with E-state index in [4.69, 9.17) is 0 Å². The highest BCUT2D eigenvalue weighted by atomic mass is 19.1. The van der Waals surface area contributed by atoms with Crippen LogP contribution in [-0.4, -0.2) is 23.9 Å². The van der Waals surface area contributed by atoms with Gasteiger partial charge in [0.15, 0.2) is 0 Å². The number of rotatable bonds is 5. The molecule has 0 saturated carbocycles. The van der Waals surface area contributed by atoms with E-state index in [1.54, 1.807) is 12.1 Å². The first-order valence-corrected chi connectivity index (χ1v) is 8.99. The Balaban J connectivity index is 1.57. The van der Waals surface area contributed by atoms with Gasteiger partial charge in [-0.2, -0.15) is 0 Å². The predicted octanol–water partition coefficient (Wildman–Crippen LogP) is 4.30. The Morgan fingerprint density at radius 3 is 2.32 bits per heavy atom. The van der Waals surface area contributed by atoms with Crippen LogP contribution in [0.2, 0.25) is 0 Å². The molecular weight excluding hydrogens is 315 g/mol. The fraction of sp³-hybridized carbons (Fsp3) is 0.381. The van der Waals surface area contributed by atoms with Gasteiger partial charge in [0.2, 0.25) is 0 Å². The van der Waals surface area contributed by atoms with Crippen molar-refractivity contribution in [1.82, 2.24) is 10.2 Å². The van der Waals surface area contributed by atoms with Crippen molar-refractivity contribution < 1.29 is 9.18 Å². The molecule has 132 valence electrons. The summed E-state index contributed by atoms with van der Waals surface area (Å²) in [5, 5.41) is 2.96. The Bertz CT molecular complexity index is 691. The normalized spacial score (nSPS) is 16.4. The van der Waals surface area contributed by atoms with Crippen LogP contribution >= 0.6 is 0 Å². The molecule has 0 aromatic heterocycles. The van der Waals surface area contributed by atoms with Gasteiger partial charge in [0.25, 0.3) is 5.91 Å². The number of halogens is 1. The number of likely N-dealkylation sites (tertiary alicyclic amines) is 1. The summed E-state index contributed by atoms with van der Waals surface area (Å²) in [5.74, 6) is -0.382. The molecule has 1 heterocycles. The molecule has 25 heavy (non-hydrogen) atoms. The molecule has 1 atom stereocenters. The van der Waals surface area contributed by atoms with Crippen molar-refractivity contribution in [2.75, 3.05) is 13.1 Å². The van der Waals surface area contributed by atoms with Crippen LogP contribution in [0.4, 0.5) is 4.39 Å². The minimum absolute atomic E-state index is 0.110. The summed E-state index contributed by atoms with van der Waals surface area (Å²) < 4.78 is 13.0. The maximum absolute atomic E-state index is 13.0. The van der Waals surface area contributed by atoms with Gasteiger partial charge in [-0.25, -0.2) is 4.39 Å². The van der Waals surface area contributed by atoms with Crippen LogP contribution in [0.25, 0.3) is 0 Å². The van der Waals surface area contributed by atoms with E-state index in [1.165, 1.54) is 37.0 Å². The van der Waals surface area contributed by atoms with Crippen molar-refractivity contribution >= 4 is 5.91 Å². The van der Waals surface area contributed by atoms with Gasteiger partial charge in [-0.15, -0.1) is 0 Å². The Labute approximate surface area is 148 Å². The number of carbonyl (C=O) groups is 1. The molecule has 1 unspecified atom stereocenters. The summed E-state index contributed by atoms with van der Waals surface area (Å²) >= 11 is 0. The SMILES string of the molecule is CC(NC(=O)c1ccc(CN2CCCCC2)cc1)c1ccc(F)cc1. The van der Waals surface area contributed by atoms with E-state index in [9.17, 15) is 9.18 Å². The van der Waals surface area contributed by atoms with E-state index in [0.717, 1.165) is 25.2 Å². The van der Waals surface area contributed by atoms with Crippen LogP contribution in [0.15, 0.2) is 48.5 Å². The number of nitrogens with zero attached hydrogens (tertiary/aromatic N) is 1. The summed E-state index contributed by atoms with van der Waals surface area (Å²) in [7, 11) is 0. The maximum atomic E-state index is 13.0. The number of carbonyl (C=O) groups excluding carboxylic acids is 1. The minimum atomic E-state index is -0.272. The average molecular weight is 340 g/mol. The lowest BCUT2D eigenvalue weighted by atomic mass is 10.1. The topological polar surface area (TPSA) is 32.3 Å². The molecule has 1 aliphatic rings. The fourth-order valence-electron chi connectivity index (χ4n) is 3.25. The van der Waals surface area contributed by atoms with Crippen molar-refractivity contribution in [1.29, 1.82) is 0 Å². The minimum Gasteiger partial charge on any atom is -0.346 e. The summed E-state index contributed by atoms with van der Waals surface area (Å²) in [6.07, 6.45) is 3.89. The molecule has 1 amide bonds. The van der Waals surface area contributed by atoms with Gasteiger partial charge in [0.05, 0.1) is 6.04 Å². The molecule has 2 aromatic carbocycles. The van der Waals surface area contributed by atoms with E-state index in [-0.39, 0.29) is 17.8 Å². The van der Waals surface area contributed by atoms with E-state index >= 15 is 0 Å². The van der Waals surface area contributed by atoms with Gasteiger partial charge in [0.1, 0.15) is 5.82 Å². The summed E-state index contributed by atoms with van der Waals surface area (Å²) in [6.45, 7) is 5.18. The number of hydrogen-bond donors (Lipinski definition) is 1. The standard InChI is InChI=1S/C21H25FN2O/c1-16(18-9-11-20(22)12-10-18)23-21(25)19-7-5-17(6-8-19)15-24-13-3-2-4-14-24/h5-12,16H,2-4,13-15H2,1H3,(H,23,25). The Morgan fingerprint density at radius 2 is 1.68 bits per heavy atom. The molecular formula is C21H25FN2O. The molecule has 0 aliphatic carbocycles. The summed E-state index contributed by atoms with van der Waals surface area (Å²) in [6, 6.07) is 13.9. The Hall–Kier alpha value is -2.20. The van der Waals surface area contributed by atoms with Gasteiger partial charge in [0, 0.05) is 12.1 Å². The number of amides is 1. The molecule has 0 radical (unpaired) electrons. The van der Waals surface area contributed by atoms with Crippen LogP contribution in [-0.2, 0) is 6.54 Å². The monoisotopic (exact) mass is 340 g/mol. The van der Waals surface area contributed by atoms with E-state index in [1.807, 2.05) is 31.2 Å². The largest absolute Gasteiger partial charge is 0.346 e.